The molecule has 1 fully saturated rings. The number of rotatable bonds is 3. The van der Waals surface area contributed by atoms with Crippen molar-refractivity contribution in [3.63, 3.8) is 0 Å². The number of amides is 1. The van der Waals surface area contributed by atoms with Crippen LogP contribution in [-0.4, -0.2) is 28.1 Å². The average Bonchev–Trinajstić information content (AvgIpc) is 2.37. The fourth-order valence-corrected chi connectivity index (χ4v) is 2.43. The van der Waals surface area contributed by atoms with Gasteiger partial charge in [-0.2, -0.15) is 0 Å². The molecular weight excluding hydrogens is 284 g/mol. The Hall–Kier alpha value is -1.66. The second-order valence-electron chi connectivity index (χ2n) is 5.55. The maximum Gasteiger partial charge on any atom is 0.271 e. The summed E-state index contributed by atoms with van der Waals surface area (Å²) in [6.45, 7) is 3.71. The highest BCUT2D eigenvalue weighted by Gasteiger charge is 2.48. The first-order valence-corrected chi connectivity index (χ1v) is 6.53. The summed E-state index contributed by atoms with van der Waals surface area (Å²) in [5.41, 5.74) is -0.489. The Labute approximate surface area is 120 Å². The van der Waals surface area contributed by atoms with Crippen molar-refractivity contribution in [3.8, 4) is 0 Å². The van der Waals surface area contributed by atoms with E-state index in [4.69, 9.17) is 11.6 Å². The molecule has 2 atom stereocenters. The third-order valence-corrected chi connectivity index (χ3v) is 4.10. The van der Waals surface area contributed by atoms with E-state index >= 15 is 0 Å². The van der Waals surface area contributed by atoms with E-state index in [1.54, 1.807) is 0 Å². The molecule has 0 aliphatic heterocycles. The Morgan fingerprint density at radius 2 is 2.15 bits per heavy atom. The predicted octanol–water partition coefficient (Wildman–Crippen LogP) is 2.14. The zero-order valence-electron chi connectivity index (χ0n) is 11.1. The van der Waals surface area contributed by atoms with Gasteiger partial charge in [-0.3, -0.25) is 14.9 Å². The number of carbonyl (C=O) groups is 1. The molecule has 1 aromatic carbocycles. The number of aliphatic hydroxyl groups is 1. The van der Waals surface area contributed by atoms with Crippen LogP contribution >= 0.6 is 11.6 Å². The number of nitro groups is 1. The van der Waals surface area contributed by atoms with Crippen LogP contribution in [0.15, 0.2) is 18.2 Å². The minimum absolute atomic E-state index is 0.136. The minimum atomic E-state index is -0.598. The first kappa shape index (κ1) is 14.7. The smallest absolute Gasteiger partial charge is 0.271 e. The lowest BCUT2D eigenvalue weighted by molar-refractivity contribution is -0.384. The number of halogens is 1. The molecule has 1 aliphatic rings. The molecule has 0 spiro atoms. The van der Waals surface area contributed by atoms with Crippen LogP contribution in [-0.2, 0) is 0 Å². The fraction of sp³-hybridized carbons (Fsp3) is 0.462. The highest BCUT2D eigenvalue weighted by Crippen LogP contribution is 2.40. The molecule has 0 bridgehead atoms. The van der Waals surface area contributed by atoms with Gasteiger partial charge in [0.05, 0.1) is 11.0 Å². The van der Waals surface area contributed by atoms with Gasteiger partial charge < -0.3 is 10.4 Å². The van der Waals surface area contributed by atoms with Gasteiger partial charge in [-0.15, -0.1) is 0 Å². The summed E-state index contributed by atoms with van der Waals surface area (Å²) in [6, 6.07) is 3.59. The van der Waals surface area contributed by atoms with Crippen molar-refractivity contribution in [2.45, 2.75) is 32.4 Å². The van der Waals surface area contributed by atoms with Crippen LogP contribution in [0.4, 0.5) is 5.69 Å². The number of nitrogens with one attached hydrogen (secondary N) is 1. The third-order valence-electron chi connectivity index (χ3n) is 3.88. The van der Waals surface area contributed by atoms with Crippen molar-refractivity contribution in [3.05, 3.63) is 38.9 Å². The van der Waals surface area contributed by atoms with E-state index in [0.717, 1.165) is 0 Å². The number of benzene rings is 1. The van der Waals surface area contributed by atoms with Gasteiger partial charge in [0.25, 0.3) is 11.6 Å². The number of nitro benzene ring substituents is 1. The highest BCUT2D eigenvalue weighted by atomic mass is 35.5. The average molecular weight is 299 g/mol. The molecule has 2 N–H and O–H groups in total. The summed E-state index contributed by atoms with van der Waals surface area (Å²) in [5, 5.41) is 23.3. The standard InChI is InChI=1S/C13H15ClN2O4/c1-13(2)10(6-11(13)17)15-12(18)7-3-8(14)5-9(4-7)16(19)20/h3-5,10-11,17H,6H2,1-2H3,(H,15,18). The molecule has 2 unspecified atom stereocenters. The molecule has 108 valence electrons. The van der Waals surface area contributed by atoms with Gasteiger partial charge in [-0.05, 0) is 12.5 Å². The summed E-state index contributed by atoms with van der Waals surface area (Å²) >= 11 is 5.78. The first-order chi connectivity index (χ1) is 9.21. The molecular formula is C13H15ClN2O4. The summed E-state index contributed by atoms with van der Waals surface area (Å²) in [6.07, 6.45) is 0.0167. The lowest BCUT2D eigenvalue weighted by atomic mass is 9.64. The van der Waals surface area contributed by atoms with Gasteiger partial charge in [0.2, 0.25) is 0 Å². The molecule has 7 heteroatoms. The highest BCUT2D eigenvalue weighted by molar-refractivity contribution is 6.31. The maximum atomic E-state index is 12.1. The molecule has 0 saturated heterocycles. The predicted molar refractivity (Wildman–Crippen MR) is 73.8 cm³/mol. The number of non-ortho nitro benzene ring substituents is 1. The monoisotopic (exact) mass is 298 g/mol. The van der Waals surface area contributed by atoms with E-state index in [0.29, 0.717) is 6.42 Å². The third kappa shape index (κ3) is 2.62. The van der Waals surface area contributed by atoms with Gasteiger partial charge >= 0.3 is 0 Å². The largest absolute Gasteiger partial charge is 0.392 e. The van der Waals surface area contributed by atoms with Crippen LogP contribution in [0.1, 0.15) is 30.6 Å². The van der Waals surface area contributed by atoms with E-state index in [1.165, 1.54) is 18.2 Å². The Morgan fingerprint density at radius 3 is 2.65 bits per heavy atom. The first-order valence-electron chi connectivity index (χ1n) is 6.15. The van der Waals surface area contributed by atoms with E-state index in [2.05, 4.69) is 5.32 Å². The summed E-state index contributed by atoms with van der Waals surface area (Å²) in [7, 11) is 0. The van der Waals surface area contributed by atoms with Gasteiger partial charge in [0.1, 0.15) is 0 Å². The summed E-state index contributed by atoms with van der Waals surface area (Å²) in [5.74, 6) is -0.430. The molecule has 0 radical (unpaired) electrons. The van der Waals surface area contributed by atoms with Gasteiger partial charge in [0, 0.05) is 34.2 Å². The van der Waals surface area contributed by atoms with Gasteiger partial charge in [-0.1, -0.05) is 25.4 Å². The van der Waals surface area contributed by atoms with Crippen LogP contribution in [0.5, 0.6) is 0 Å². The Bertz CT molecular complexity index is 573. The minimum Gasteiger partial charge on any atom is -0.392 e. The van der Waals surface area contributed by atoms with E-state index in [1.807, 2.05) is 13.8 Å². The Kier molecular flexibility index (Phi) is 3.71. The molecule has 1 aromatic rings. The van der Waals surface area contributed by atoms with Crippen molar-refractivity contribution >= 4 is 23.2 Å². The molecule has 0 heterocycles. The van der Waals surface area contributed by atoms with Crippen LogP contribution in [0.3, 0.4) is 0 Å². The van der Waals surface area contributed by atoms with Crippen LogP contribution in [0, 0.1) is 15.5 Å². The van der Waals surface area contributed by atoms with Crippen molar-refractivity contribution < 1.29 is 14.8 Å². The lowest BCUT2D eigenvalue weighted by Crippen LogP contribution is -2.61. The Morgan fingerprint density at radius 1 is 1.50 bits per heavy atom. The molecule has 0 aromatic heterocycles. The SMILES string of the molecule is CC1(C)C(O)CC1NC(=O)c1cc(Cl)cc([N+](=O)[O-])c1. The summed E-state index contributed by atoms with van der Waals surface area (Å²) in [4.78, 5) is 22.2. The van der Waals surface area contributed by atoms with Crippen LogP contribution < -0.4 is 5.32 Å². The van der Waals surface area contributed by atoms with E-state index in [-0.39, 0.29) is 22.3 Å². The van der Waals surface area contributed by atoms with Crippen molar-refractivity contribution in [2.75, 3.05) is 0 Å². The molecule has 1 saturated carbocycles. The molecule has 1 amide bonds. The van der Waals surface area contributed by atoms with Crippen LogP contribution in [0.25, 0.3) is 0 Å². The summed E-state index contributed by atoms with van der Waals surface area (Å²) < 4.78 is 0. The molecule has 2 rings (SSSR count). The second-order valence-corrected chi connectivity index (χ2v) is 5.99. The zero-order valence-corrected chi connectivity index (χ0v) is 11.8. The molecule has 1 aliphatic carbocycles. The number of carbonyl (C=O) groups excluding carboxylic acids is 1. The lowest BCUT2D eigenvalue weighted by Gasteiger charge is -2.49. The topological polar surface area (TPSA) is 92.5 Å². The van der Waals surface area contributed by atoms with Crippen LogP contribution in [0.2, 0.25) is 5.02 Å². The molecule has 20 heavy (non-hydrogen) atoms. The number of hydrogen-bond donors (Lipinski definition) is 2. The molecule has 6 nitrogen and oxygen atoms in total. The van der Waals surface area contributed by atoms with Gasteiger partial charge in [-0.25, -0.2) is 0 Å². The number of nitrogens with zero attached hydrogens (tertiary/aromatic N) is 1. The normalized spacial score (nSPS) is 23.8. The maximum absolute atomic E-state index is 12.1. The number of hydrogen-bond acceptors (Lipinski definition) is 4. The van der Waals surface area contributed by atoms with E-state index in [9.17, 15) is 20.0 Å². The van der Waals surface area contributed by atoms with Crippen molar-refractivity contribution in [1.29, 1.82) is 0 Å². The number of aliphatic hydroxyl groups excluding tert-OH is 1. The zero-order chi connectivity index (χ0) is 15.1. The Balaban J connectivity index is 2.16. The second kappa shape index (κ2) is 5.03. The fourth-order valence-electron chi connectivity index (χ4n) is 2.20. The quantitative estimate of drug-likeness (QED) is 0.660. The van der Waals surface area contributed by atoms with Crippen molar-refractivity contribution in [1.82, 2.24) is 5.32 Å². The van der Waals surface area contributed by atoms with E-state index < -0.39 is 22.3 Å². The van der Waals surface area contributed by atoms with Crippen molar-refractivity contribution in [2.24, 2.45) is 5.41 Å². The van der Waals surface area contributed by atoms with Gasteiger partial charge in [0.15, 0.2) is 0 Å².